The van der Waals surface area contributed by atoms with Crippen molar-refractivity contribution >= 4 is 15.9 Å². The molecule has 0 spiro atoms. The maximum Gasteiger partial charge on any atom is 0.123 e. The monoisotopic (exact) mass is 425 g/mol. The summed E-state index contributed by atoms with van der Waals surface area (Å²) in [6, 6.07) is 19.1. The lowest BCUT2D eigenvalue weighted by Crippen LogP contribution is -2.22. The van der Waals surface area contributed by atoms with E-state index in [1.165, 1.54) is 31.2 Å². The van der Waals surface area contributed by atoms with Crippen molar-refractivity contribution in [3.63, 3.8) is 0 Å². The molecule has 0 saturated carbocycles. The van der Waals surface area contributed by atoms with E-state index in [9.17, 15) is 0 Å². The Balaban J connectivity index is 1.71. The molecule has 0 radical (unpaired) electrons. The number of rotatable bonds is 10. The van der Waals surface area contributed by atoms with Crippen molar-refractivity contribution in [1.82, 2.24) is 15.3 Å². The van der Waals surface area contributed by atoms with Crippen LogP contribution in [0.25, 0.3) is 11.3 Å². The van der Waals surface area contributed by atoms with Crippen LogP contribution in [0, 0.1) is 0 Å². The Hall–Kier alpha value is -1.91. The van der Waals surface area contributed by atoms with Gasteiger partial charge in [-0.05, 0) is 24.1 Å². The lowest BCUT2D eigenvalue weighted by atomic mass is 10.1. The van der Waals surface area contributed by atoms with E-state index in [-0.39, 0.29) is 6.04 Å². The third kappa shape index (κ3) is 6.05. The zero-order chi connectivity index (χ0) is 18.9. The first-order valence-electron chi connectivity index (χ1n) is 9.84. The van der Waals surface area contributed by atoms with Crippen LogP contribution in [0.5, 0.6) is 0 Å². The van der Waals surface area contributed by atoms with Crippen molar-refractivity contribution in [2.45, 2.75) is 51.6 Å². The maximum atomic E-state index is 4.70. The third-order valence-electron chi connectivity index (χ3n) is 4.80. The van der Waals surface area contributed by atoms with Gasteiger partial charge in [0.25, 0.3) is 0 Å². The van der Waals surface area contributed by atoms with Crippen LogP contribution < -0.4 is 5.32 Å². The van der Waals surface area contributed by atoms with Gasteiger partial charge in [0.05, 0.1) is 17.9 Å². The van der Waals surface area contributed by atoms with Gasteiger partial charge < -0.3 is 10.3 Å². The average molecular weight is 426 g/mol. The molecule has 3 aromatic rings. The highest BCUT2D eigenvalue weighted by atomic mass is 79.9. The average Bonchev–Trinajstić information content (AvgIpc) is 3.18. The Morgan fingerprint density at radius 2 is 1.89 bits per heavy atom. The smallest absolute Gasteiger partial charge is 0.123 e. The summed E-state index contributed by atoms with van der Waals surface area (Å²) in [5, 5.41) is 3.70. The number of nitrogens with one attached hydrogen (secondary N) is 2. The highest BCUT2D eigenvalue weighted by Gasteiger charge is 2.15. The van der Waals surface area contributed by atoms with Crippen molar-refractivity contribution in [3.05, 3.63) is 76.7 Å². The van der Waals surface area contributed by atoms with Crippen LogP contribution in [0.4, 0.5) is 0 Å². The van der Waals surface area contributed by atoms with Crippen molar-refractivity contribution < 1.29 is 0 Å². The van der Waals surface area contributed by atoms with E-state index < -0.39 is 0 Å². The fourth-order valence-corrected chi connectivity index (χ4v) is 3.66. The summed E-state index contributed by atoms with van der Waals surface area (Å²) in [6.45, 7) is 3.11. The number of hydrogen-bond acceptors (Lipinski definition) is 2. The summed E-state index contributed by atoms with van der Waals surface area (Å²) < 4.78 is 1.08. The van der Waals surface area contributed by atoms with Crippen LogP contribution in [0.2, 0.25) is 0 Å². The number of aromatic amines is 1. The van der Waals surface area contributed by atoms with Crippen LogP contribution in [-0.2, 0) is 6.54 Å². The van der Waals surface area contributed by atoms with E-state index in [4.69, 9.17) is 4.98 Å². The molecule has 2 N–H and O–H groups in total. The van der Waals surface area contributed by atoms with Crippen LogP contribution >= 0.6 is 15.9 Å². The SMILES string of the molecule is CCCCCCC(NCc1ccccc1)c1ncc(-c2cccc(Br)c2)[nH]1. The maximum absolute atomic E-state index is 4.70. The molecule has 0 bridgehead atoms. The molecule has 0 saturated heterocycles. The van der Waals surface area contributed by atoms with Crippen molar-refractivity contribution in [2.75, 3.05) is 0 Å². The highest BCUT2D eigenvalue weighted by molar-refractivity contribution is 9.10. The second kappa shape index (κ2) is 10.4. The number of nitrogens with zero attached hydrogens (tertiary/aromatic N) is 1. The molecule has 2 aromatic carbocycles. The van der Waals surface area contributed by atoms with Gasteiger partial charge in [-0.3, -0.25) is 0 Å². The molecule has 1 heterocycles. The molecule has 3 rings (SSSR count). The summed E-state index contributed by atoms with van der Waals surface area (Å²) >= 11 is 3.55. The lowest BCUT2D eigenvalue weighted by Gasteiger charge is -2.17. The molecule has 0 aliphatic carbocycles. The van der Waals surface area contributed by atoms with Crippen LogP contribution in [0.3, 0.4) is 0 Å². The van der Waals surface area contributed by atoms with Crippen molar-refractivity contribution in [2.24, 2.45) is 0 Å². The predicted octanol–water partition coefficient (Wildman–Crippen LogP) is 6.64. The molecule has 0 fully saturated rings. The van der Waals surface area contributed by atoms with Crippen molar-refractivity contribution in [1.29, 1.82) is 0 Å². The highest BCUT2D eigenvalue weighted by Crippen LogP contribution is 2.25. The number of halogens is 1. The van der Waals surface area contributed by atoms with Gasteiger partial charge in [-0.2, -0.15) is 0 Å². The van der Waals surface area contributed by atoms with E-state index in [1.807, 2.05) is 12.3 Å². The van der Waals surface area contributed by atoms with Gasteiger partial charge in [0.15, 0.2) is 0 Å². The standard InChI is InChI=1S/C23H28BrN3/c1-2-3-4-8-14-21(25-16-18-10-6-5-7-11-18)23-26-17-22(27-23)19-12-9-13-20(24)15-19/h5-7,9-13,15,17,21,25H,2-4,8,14,16H2,1H3,(H,26,27). The molecule has 3 nitrogen and oxygen atoms in total. The van der Waals surface area contributed by atoms with E-state index in [1.54, 1.807) is 0 Å². The van der Waals surface area contributed by atoms with E-state index in [2.05, 4.69) is 81.7 Å². The normalized spacial score (nSPS) is 12.2. The first-order chi connectivity index (χ1) is 13.3. The molecule has 142 valence electrons. The Kier molecular flexibility index (Phi) is 7.66. The number of unbranched alkanes of at least 4 members (excludes halogenated alkanes) is 3. The van der Waals surface area contributed by atoms with E-state index >= 15 is 0 Å². The number of benzene rings is 2. The van der Waals surface area contributed by atoms with Gasteiger partial charge in [-0.15, -0.1) is 0 Å². The second-order valence-electron chi connectivity index (χ2n) is 6.96. The fraction of sp³-hybridized carbons (Fsp3) is 0.348. The first-order valence-corrected chi connectivity index (χ1v) is 10.6. The van der Waals surface area contributed by atoms with Crippen LogP contribution in [0.15, 0.2) is 65.3 Å². The second-order valence-corrected chi connectivity index (χ2v) is 7.88. The molecule has 0 aliphatic rings. The van der Waals surface area contributed by atoms with E-state index in [0.29, 0.717) is 0 Å². The third-order valence-corrected chi connectivity index (χ3v) is 5.30. The van der Waals surface area contributed by atoms with Gasteiger partial charge in [0.1, 0.15) is 5.82 Å². The molecule has 1 unspecified atom stereocenters. The Morgan fingerprint density at radius 3 is 2.67 bits per heavy atom. The summed E-state index contributed by atoms with van der Waals surface area (Å²) in [4.78, 5) is 8.24. The predicted molar refractivity (Wildman–Crippen MR) is 117 cm³/mol. The zero-order valence-electron chi connectivity index (χ0n) is 15.9. The van der Waals surface area contributed by atoms with Crippen LogP contribution in [-0.4, -0.2) is 9.97 Å². The minimum atomic E-state index is 0.239. The number of imidazole rings is 1. The van der Waals surface area contributed by atoms with Gasteiger partial charge in [-0.1, -0.05) is 91.0 Å². The summed E-state index contributed by atoms with van der Waals surface area (Å²) in [5.74, 6) is 1.03. The molecule has 4 heteroatoms. The first kappa shape index (κ1) is 19.8. The topological polar surface area (TPSA) is 40.7 Å². The molecule has 1 atom stereocenters. The number of H-pyrrole nitrogens is 1. The Morgan fingerprint density at radius 1 is 1.04 bits per heavy atom. The number of hydrogen-bond donors (Lipinski definition) is 2. The molecule has 0 amide bonds. The summed E-state index contributed by atoms with van der Waals surface area (Å²) in [5.41, 5.74) is 3.51. The largest absolute Gasteiger partial charge is 0.341 e. The van der Waals surface area contributed by atoms with Gasteiger partial charge in [-0.25, -0.2) is 4.98 Å². The minimum Gasteiger partial charge on any atom is -0.341 e. The van der Waals surface area contributed by atoms with E-state index in [0.717, 1.165) is 34.5 Å². The molecule has 0 aliphatic heterocycles. The van der Waals surface area contributed by atoms with Gasteiger partial charge >= 0.3 is 0 Å². The molecule has 27 heavy (non-hydrogen) atoms. The zero-order valence-corrected chi connectivity index (χ0v) is 17.5. The summed E-state index contributed by atoms with van der Waals surface area (Å²) in [6.07, 6.45) is 8.09. The molecular formula is C23H28BrN3. The lowest BCUT2D eigenvalue weighted by molar-refractivity contribution is 0.453. The fourth-order valence-electron chi connectivity index (χ4n) is 3.26. The number of aromatic nitrogens is 2. The quantitative estimate of drug-likeness (QED) is 0.357. The van der Waals surface area contributed by atoms with Crippen molar-refractivity contribution in [3.8, 4) is 11.3 Å². The van der Waals surface area contributed by atoms with Crippen LogP contribution in [0.1, 0.15) is 56.5 Å². The minimum absolute atomic E-state index is 0.239. The molecule has 1 aromatic heterocycles. The van der Waals surface area contributed by atoms with Gasteiger partial charge in [0, 0.05) is 16.6 Å². The Labute approximate surface area is 170 Å². The molecular weight excluding hydrogens is 398 g/mol. The Bertz CT molecular complexity index is 813. The van der Waals surface area contributed by atoms with Gasteiger partial charge in [0.2, 0.25) is 0 Å². The summed E-state index contributed by atoms with van der Waals surface area (Å²) in [7, 11) is 0.